The summed E-state index contributed by atoms with van der Waals surface area (Å²) in [5.41, 5.74) is 0.292. The average molecular weight is 414 g/mol. The number of esters is 1. The zero-order chi connectivity index (χ0) is 20.2. The number of sulfonamides is 1. The van der Waals surface area contributed by atoms with Crippen LogP contribution >= 0.6 is 11.8 Å². The van der Waals surface area contributed by atoms with E-state index in [1.54, 1.807) is 0 Å². The number of nitrogens with zero attached hydrogens (tertiary/aromatic N) is 3. The molecule has 0 saturated carbocycles. The molecule has 0 unspecified atom stereocenters. The quantitative estimate of drug-likeness (QED) is 0.328. The van der Waals surface area contributed by atoms with E-state index in [-0.39, 0.29) is 10.1 Å². The summed E-state index contributed by atoms with van der Waals surface area (Å²) in [6.45, 7) is 0. The fourth-order valence-electron chi connectivity index (χ4n) is 1.78. The Bertz CT molecular complexity index is 970. The minimum absolute atomic E-state index is 0.0944. The SMILES string of the molecule is COC(=O)/C=C1/S/C(=N\N=Cc2ccc(F)c(S(=O)(=O)N(C)C)c2)NC1=O. The standard InChI is InChI=1S/C15H15FN4O5S2/c1-20(2)27(23,24)12-6-9(4-5-10(12)16)8-17-19-15-18-14(22)11(26-15)7-13(21)25-3/h4-8H,1-3H3,(H,18,19,22)/b11-7+,17-8?. The molecule has 1 amide bonds. The first-order valence-electron chi connectivity index (χ1n) is 7.27. The van der Waals surface area contributed by atoms with Crippen molar-refractivity contribution in [1.82, 2.24) is 9.62 Å². The van der Waals surface area contributed by atoms with Gasteiger partial charge in [-0.05, 0) is 29.5 Å². The van der Waals surface area contributed by atoms with E-state index in [0.29, 0.717) is 5.56 Å². The maximum Gasteiger partial charge on any atom is 0.331 e. The molecule has 1 aromatic carbocycles. The van der Waals surface area contributed by atoms with E-state index in [1.165, 1.54) is 33.5 Å². The average Bonchev–Trinajstić information content (AvgIpc) is 2.95. The largest absolute Gasteiger partial charge is 0.466 e. The summed E-state index contributed by atoms with van der Waals surface area (Å²) >= 11 is 0.885. The number of amidine groups is 1. The number of nitrogens with one attached hydrogen (secondary N) is 1. The molecule has 2 rings (SSSR count). The molecule has 1 aliphatic heterocycles. The zero-order valence-corrected chi connectivity index (χ0v) is 16.1. The van der Waals surface area contributed by atoms with Crippen LogP contribution in [0, 0.1) is 5.82 Å². The third-order valence-electron chi connectivity index (χ3n) is 3.17. The van der Waals surface area contributed by atoms with E-state index in [0.717, 1.165) is 34.3 Å². The first kappa shape index (κ1) is 20.7. The zero-order valence-electron chi connectivity index (χ0n) is 14.5. The van der Waals surface area contributed by atoms with Crippen molar-refractivity contribution >= 4 is 45.0 Å². The van der Waals surface area contributed by atoms with Crippen molar-refractivity contribution in [3.63, 3.8) is 0 Å². The summed E-state index contributed by atoms with van der Waals surface area (Å²) < 4.78 is 43.4. The Morgan fingerprint density at radius 1 is 1.37 bits per heavy atom. The van der Waals surface area contributed by atoms with Gasteiger partial charge in [-0.25, -0.2) is 21.9 Å². The number of halogens is 1. The maximum absolute atomic E-state index is 13.8. The van der Waals surface area contributed by atoms with Gasteiger partial charge in [0.15, 0.2) is 5.17 Å². The molecule has 1 fully saturated rings. The van der Waals surface area contributed by atoms with Crippen LogP contribution in [0.25, 0.3) is 0 Å². The molecule has 1 aromatic rings. The van der Waals surface area contributed by atoms with Crippen molar-refractivity contribution in [3.05, 3.63) is 40.6 Å². The Balaban J connectivity index is 2.20. The van der Waals surface area contributed by atoms with E-state index in [9.17, 15) is 22.4 Å². The Morgan fingerprint density at radius 2 is 2.07 bits per heavy atom. The van der Waals surface area contributed by atoms with Gasteiger partial charge in [0, 0.05) is 20.2 Å². The van der Waals surface area contributed by atoms with Gasteiger partial charge in [-0.2, -0.15) is 5.10 Å². The maximum atomic E-state index is 13.8. The minimum Gasteiger partial charge on any atom is -0.466 e. The van der Waals surface area contributed by atoms with Crippen LogP contribution in [0.3, 0.4) is 0 Å². The van der Waals surface area contributed by atoms with Crippen LogP contribution in [0.5, 0.6) is 0 Å². The van der Waals surface area contributed by atoms with Gasteiger partial charge < -0.3 is 4.74 Å². The van der Waals surface area contributed by atoms with Crippen LogP contribution in [-0.4, -0.2) is 57.2 Å². The monoisotopic (exact) mass is 414 g/mol. The normalized spacial score (nSPS) is 17.9. The number of hydrogen-bond acceptors (Lipinski definition) is 8. The molecular weight excluding hydrogens is 399 g/mol. The number of amides is 1. The fraction of sp³-hybridized carbons (Fsp3) is 0.200. The molecule has 0 aliphatic carbocycles. The topological polar surface area (TPSA) is 118 Å². The number of hydrogen-bond donors (Lipinski definition) is 1. The lowest BCUT2D eigenvalue weighted by atomic mass is 10.2. The summed E-state index contributed by atoms with van der Waals surface area (Å²) in [5.74, 6) is -2.10. The van der Waals surface area contributed by atoms with Crippen molar-refractivity contribution in [2.45, 2.75) is 4.90 Å². The minimum atomic E-state index is -3.95. The molecule has 0 bridgehead atoms. The smallest absolute Gasteiger partial charge is 0.331 e. The Morgan fingerprint density at radius 3 is 2.70 bits per heavy atom. The molecule has 27 heavy (non-hydrogen) atoms. The van der Waals surface area contributed by atoms with Crippen molar-refractivity contribution in [3.8, 4) is 0 Å². The van der Waals surface area contributed by atoms with Gasteiger partial charge in [-0.15, -0.1) is 5.10 Å². The van der Waals surface area contributed by atoms with Crippen molar-refractivity contribution in [1.29, 1.82) is 0 Å². The van der Waals surface area contributed by atoms with Gasteiger partial charge in [0.05, 0.1) is 18.2 Å². The molecule has 1 saturated heterocycles. The van der Waals surface area contributed by atoms with Crippen LogP contribution in [0.2, 0.25) is 0 Å². The number of rotatable bonds is 5. The van der Waals surface area contributed by atoms with Gasteiger partial charge in [0.25, 0.3) is 5.91 Å². The predicted octanol–water partition coefficient (Wildman–Crippen LogP) is 0.686. The molecule has 1 heterocycles. The number of thioether (sulfide) groups is 1. The summed E-state index contributed by atoms with van der Waals surface area (Å²) in [7, 11) is -0.182. The third kappa shape index (κ3) is 4.99. The Kier molecular flexibility index (Phi) is 6.46. The predicted molar refractivity (Wildman–Crippen MR) is 98.1 cm³/mol. The highest BCUT2D eigenvalue weighted by atomic mass is 32.2. The Hall–Kier alpha value is -2.57. The second-order valence-electron chi connectivity index (χ2n) is 5.21. The molecule has 0 spiro atoms. The van der Waals surface area contributed by atoms with Crippen LogP contribution in [0.15, 0.2) is 44.3 Å². The summed E-state index contributed by atoms with van der Waals surface area (Å²) in [6.07, 6.45) is 2.22. The second kappa shape index (κ2) is 8.41. The van der Waals surface area contributed by atoms with Gasteiger partial charge in [0.1, 0.15) is 10.7 Å². The van der Waals surface area contributed by atoms with Crippen molar-refractivity contribution in [2.24, 2.45) is 10.2 Å². The first-order valence-corrected chi connectivity index (χ1v) is 9.52. The summed E-state index contributed by atoms with van der Waals surface area (Å²) in [4.78, 5) is 22.4. The van der Waals surface area contributed by atoms with E-state index in [1.807, 2.05) is 0 Å². The number of carbonyl (C=O) groups excluding carboxylic acids is 2. The molecule has 12 heteroatoms. The molecule has 144 valence electrons. The fourth-order valence-corrected chi connectivity index (χ4v) is 3.52. The highest BCUT2D eigenvalue weighted by molar-refractivity contribution is 8.18. The molecule has 0 radical (unpaired) electrons. The molecule has 1 N–H and O–H groups in total. The van der Waals surface area contributed by atoms with E-state index < -0.39 is 32.6 Å². The lowest BCUT2D eigenvalue weighted by Gasteiger charge is -2.12. The molecule has 9 nitrogen and oxygen atoms in total. The third-order valence-corrected chi connectivity index (χ3v) is 5.90. The molecule has 0 aromatic heterocycles. The van der Waals surface area contributed by atoms with Crippen LogP contribution in [-0.2, 0) is 24.3 Å². The van der Waals surface area contributed by atoms with Gasteiger partial charge in [-0.3, -0.25) is 10.1 Å². The summed E-state index contributed by atoms with van der Waals surface area (Å²) in [6, 6.07) is 3.46. The van der Waals surface area contributed by atoms with Crippen molar-refractivity contribution < 1.29 is 27.1 Å². The van der Waals surface area contributed by atoms with Crippen LogP contribution < -0.4 is 5.32 Å². The number of ether oxygens (including phenoxy) is 1. The van der Waals surface area contributed by atoms with E-state index >= 15 is 0 Å². The summed E-state index contributed by atoms with van der Waals surface area (Å²) in [5, 5.41) is 10.0. The highest BCUT2D eigenvalue weighted by Crippen LogP contribution is 2.23. The van der Waals surface area contributed by atoms with E-state index in [2.05, 4.69) is 20.3 Å². The molecule has 0 atom stereocenters. The molecule has 1 aliphatic rings. The number of carbonyl (C=O) groups is 2. The van der Waals surface area contributed by atoms with Gasteiger partial charge in [0.2, 0.25) is 10.0 Å². The number of benzene rings is 1. The highest BCUT2D eigenvalue weighted by Gasteiger charge is 2.25. The first-order chi connectivity index (χ1) is 12.6. The van der Waals surface area contributed by atoms with Gasteiger partial charge >= 0.3 is 5.97 Å². The second-order valence-corrected chi connectivity index (χ2v) is 8.37. The van der Waals surface area contributed by atoms with E-state index in [4.69, 9.17) is 0 Å². The van der Waals surface area contributed by atoms with Crippen LogP contribution in [0.4, 0.5) is 4.39 Å². The van der Waals surface area contributed by atoms with Crippen LogP contribution in [0.1, 0.15) is 5.56 Å². The Labute approximate surface area is 159 Å². The molecular formula is C15H15FN4O5S2. The van der Waals surface area contributed by atoms with Crippen molar-refractivity contribution in [2.75, 3.05) is 21.2 Å². The number of methoxy groups -OCH3 is 1. The lowest BCUT2D eigenvalue weighted by Crippen LogP contribution is -2.23. The lowest BCUT2D eigenvalue weighted by molar-refractivity contribution is -0.135. The van der Waals surface area contributed by atoms with Gasteiger partial charge in [-0.1, -0.05) is 6.07 Å².